The van der Waals surface area contributed by atoms with Crippen molar-refractivity contribution in [3.63, 3.8) is 0 Å². The summed E-state index contributed by atoms with van der Waals surface area (Å²) < 4.78 is 0. The van der Waals surface area contributed by atoms with E-state index in [1.165, 1.54) is 32.1 Å². The number of rotatable bonds is 2. The van der Waals surface area contributed by atoms with Gasteiger partial charge in [0.15, 0.2) is 0 Å². The maximum absolute atomic E-state index is 11.5. The molecule has 3 nitrogen and oxygen atoms in total. The van der Waals surface area contributed by atoms with Gasteiger partial charge in [-0.15, -0.1) is 0 Å². The molecule has 1 aromatic rings. The number of nitrogens with one attached hydrogen (secondary N) is 1. The summed E-state index contributed by atoms with van der Waals surface area (Å²) >= 11 is 0. The molecule has 1 saturated carbocycles. The van der Waals surface area contributed by atoms with Gasteiger partial charge in [-0.2, -0.15) is 0 Å². The normalized spacial score (nSPS) is 30.6. The third kappa shape index (κ3) is 2.52. The van der Waals surface area contributed by atoms with Gasteiger partial charge in [-0.25, -0.2) is 0 Å². The Balaban J connectivity index is 1.81. The molecule has 1 aromatic carbocycles. The minimum absolute atomic E-state index is 0.294. The van der Waals surface area contributed by atoms with Gasteiger partial charge in [0.25, 0.3) is 0 Å². The van der Waals surface area contributed by atoms with E-state index in [9.17, 15) is 4.79 Å². The van der Waals surface area contributed by atoms with Crippen molar-refractivity contribution in [1.82, 2.24) is 5.32 Å². The van der Waals surface area contributed by atoms with Gasteiger partial charge in [0.1, 0.15) is 0 Å². The highest BCUT2D eigenvalue weighted by Gasteiger charge is 2.33. The zero-order valence-electron chi connectivity index (χ0n) is 11.3. The molecule has 0 aromatic heterocycles. The van der Waals surface area contributed by atoms with E-state index < -0.39 is 0 Å². The van der Waals surface area contributed by atoms with E-state index in [1.54, 1.807) is 0 Å². The van der Waals surface area contributed by atoms with Crippen LogP contribution in [0.25, 0.3) is 0 Å². The Morgan fingerprint density at radius 1 is 1.11 bits per heavy atom. The van der Waals surface area contributed by atoms with Gasteiger partial charge >= 0.3 is 0 Å². The number of nitrogens with two attached hydrogens (primary N) is 1. The van der Waals surface area contributed by atoms with Crippen LogP contribution in [0.3, 0.4) is 0 Å². The number of amides is 1. The first kappa shape index (κ1) is 12.7. The van der Waals surface area contributed by atoms with Crippen LogP contribution in [0.2, 0.25) is 0 Å². The lowest BCUT2D eigenvalue weighted by molar-refractivity contribution is 0.0997. The highest BCUT2D eigenvalue weighted by Crippen LogP contribution is 2.37. The summed E-state index contributed by atoms with van der Waals surface area (Å²) in [6.07, 6.45) is 7.74. The zero-order valence-corrected chi connectivity index (χ0v) is 11.3. The number of hydrogen-bond acceptors (Lipinski definition) is 2. The summed E-state index contributed by atoms with van der Waals surface area (Å²) in [7, 11) is 0. The van der Waals surface area contributed by atoms with E-state index in [1.807, 2.05) is 24.3 Å². The fraction of sp³-hybridized carbons (Fsp3) is 0.562. The molecule has 1 aliphatic heterocycles. The Morgan fingerprint density at radius 3 is 2.74 bits per heavy atom. The van der Waals surface area contributed by atoms with E-state index in [4.69, 9.17) is 5.73 Å². The lowest BCUT2D eigenvalue weighted by Crippen LogP contribution is -2.45. The second-order valence-corrected chi connectivity index (χ2v) is 5.90. The summed E-state index contributed by atoms with van der Waals surface area (Å²) in [6, 6.07) is 8.69. The van der Waals surface area contributed by atoms with E-state index >= 15 is 0 Å². The second kappa shape index (κ2) is 5.33. The van der Waals surface area contributed by atoms with Crippen molar-refractivity contribution in [2.24, 2.45) is 11.7 Å². The number of primary amides is 1. The lowest BCUT2D eigenvalue weighted by Gasteiger charge is -2.41. The first-order valence-electron chi connectivity index (χ1n) is 7.40. The molecule has 2 fully saturated rings. The Kier molecular flexibility index (Phi) is 3.56. The van der Waals surface area contributed by atoms with Crippen LogP contribution in [0.1, 0.15) is 60.5 Å². The maximum atomic E-state index is 11.5. The molecule has 2 aliphatic rings. The van der Waals surface area contributed by atoms with E-state index in [0.717, 1.165) is 17.9 Å². The highest BCUT2D eigenvalue weighted by atomic mass is 16.1. The molecule has 3 unspecified atom stereocenters. The predicted molar refractivity (Wildman–Crippen MR) is 75.8 cm³/mol. The van der Waals surface area contributed by atoms with Gasteiger partial charge in [-0.3, -0.25) is 4.79 Å². The molecule has 3 heteroatoms. The molecule has 0 spiro atoms. The molecule has 3 N–H and O–H groups in total. The standard InChI is InChI=1S/C16H22N2O/c17-16(19)13-7-3-2-6-12(13)15-10-9-11-5-1-4-8-14(11)18-15/h2-3,6-7,11,14-15,18H,1,4-5,8-10H2,(H2,17,19). The van der Waals surface area contributed by atoms with Crippen molar-refractivity contribution < 1.29 is 4.79 Å². The summed E-state index contributed by atoms with van der Waals surface area (Å²) in [4.78, 5) is 11.5. The molecule has 0 bridgehead atoms. The Labute approximate surface area is 114 Å². The Bertz CT molecular complexity index is 472. The minimum atomic E-state index is -0.317. The van der Waals surface area contributed by atoms with Crippen LogP contribution in [0.4, 0.5) is 0 Å². The molecule has 19 heavy (non-hydrogen) atoms. The van der Waals surface area contributed by atoms with Gasteiger partial charge in [0, 0.05) is 17.6 Å². The van der Waals surface area contributed by atoms with E-state index in [0.29, 0.717) is 17.6 Å². The molecule has 1 saturated heterocycles. The first-order chi connectivity index (χ1) is 9.25. The summed E-state index contributed by atoms with van der Waals surface area (Å²) in [6.45, 7) is 0. The molecule has 3 rings (SSSR count). The topological polar surface area (TPSA) is 55.1 Å². The maximum Gasteiger partial charge on any atom is 0.249 e. The predicted octanol–water partition coefficient (Wildman–Crippen LogP) is 2.77. The van der Waals surface area contributed by atoms with Crippen LogP contribution in [-0.2, 0) is 0 Å². The van der Waals surface area contributed by atoms with Crippen molar-refractivity contribution >= 4 is 5.91 Å². The summed E-state index contributed by atoms with van der Waals surface area (Å²) in [5, 5.41) is 3.76. The van der Waals surface area contributed by atoms with Gasteiger partial charge in [0.2, 0.25) is 5.91 Å². The quantitative estimate of drug-likeness (QED) is 0.857. The molecular weight excluding hydrogens is 236 g/mol. The van der Waals surface area contributed by atoms with Crippen LogP contribution in [-0.4, -0.2) is 11.9 Å². The Hall–Kier alpha value is -1.35. The molecule has 1 aliphatic carbocycles. The highest BCUT2D eigenvalue weighted by molar-refractivity contribution is 5.94. The molecule has 1 amide bonds. The molecular formula is C16H22N2O. The number of carbonyl (C=O) groups excluding carboxylic acids is 1. The minimum Gasteiger partial charge on any atom is -0.366 e. The fourth-order valence-electron chi connectivity index (χ4n) is 3.77. The number of fused-ring (bicyclic) bond motifs is 1. The molecule has 3 atom stereocenters. The smallest absolute Gasteiger partial charge is 0.249 e. The fourth-order valence-corrected chi connectivity index (χ4v) is 3.77. The number of hydrogen-bond donors (Lipinski definition) is 2. The van der Waals surface area contributed by atoms with Crippen molar-refractivity contribution in [3.8, 4) is 0 Å². The van der Waals surface area contributed by atoms with E-state index in [-0.39, 0.29) is 5.91 Å². The molecule has 1 heterocycles. The average molecular weight is 258 g/mol. The van der Waals surface area contributed by atoms with Gasteiger partial charge < -0.3 is 11.1 Å². The third-order valence-corrected chi connectivity index (χ3v) is 4.75. The van der Waals surface area contributed by atoms with Gasteiger partial charge in [-0.05, 0) is 43.2 Å². The first-order valence-corrected chi connectivity index (χ1v) is 7.40. The van der Waals surface area contributed by atoms with Crippen molar-refractivity contribution in [2.45, 2.75) is 50.6 Å². The van der Waals surface area contributed by atoms with Gasteiger partial charge in [0.05, 0.1) is 0 Å². The number of carbonyl (C=O) groups is 1. The van der Waals surface area contributed by atoms with Crippen LogP contribution in [0.5, 0.6) is 0 Å². The zero-order chi connectivity index (χ0) is 13.2. The Morgan fingerprint density at radius 2 is 1.89 bits per heavy atom. The second-order valence-electron chi connectivity index (χ2n) is 5.90. The lowest BCUT2D eigenvalue weighted by atomic mass is 9.76. The van der Waals surface area contributed by atoms with Crippen LogP contribution < -0.4 is 11.1 Å². The van der Waals surface area contributed by atoms with Crippen LogP contribution in [0.15, 0.2) is 24.3 Å². The van der Waals surface area contributed by atoms with Crippen LogP contribution >= 0.6 is 0 Å². The summed E-state index contributed by atoms with van der Waals surface area (Å²) in [5.41, 5.74) is 7.24. The van der Waals surface area contributed by atoms with Crippen molar-refractivity contribution in [2.75, 3.05) is 0 Å². The number of piperidine rings is 1. The number of benzene rings is 1. The average Bonchev–Trinajstić information content (AvgIpc) is 2.46. The van der Waals surface area contributed by atoms with E-state index in [2.05, 4.69) is 5.32 Å². The summed E-state index contributed by atoms with van der Waals surface area (Å²) in [5.74, 6) is 0.522. The third-order valence-electron chi connectivity index (χ3n) is 4.75. The largest absolute Gasteiger partial charge is 0.366 e. The van der Waals surface area contributed by atoms with Crippen molar-refractivity contribution in [1.29, 1.82) is 0 Å². The monoisotopic (exact) mass is 258 g/mol. The molecule has 102 valence electrons. The SMILES string of the molecule is NC(=O)c1ccccc1C1CCC2CCCCC2N1. The van der Waals surface area contributed by atoms with Gasteiger partial charge in [-0.1, -0.05) is 31.0 Å². The molecule has 0 radical (unpaired) electrons. The van der Waals surface area contributed by atoms with Crippen molar-refractivity contribution in [3.05, 3.63) is 35.4 Å². The van der Waals surface area contributed by atoms with Crippen LogP contribution in [0, 0.1) is 5.92 Å².